The first-order chi connectivity index (χ1) is 22.7. The predicted octanol–water partition coefficient (Wildman–Crippen LogP) is 2.47. The highest BCUT2D eigenvalue weighted by Gasteiger charge is 2.14. The highest BCUT2D eigenvalue weighted by molar-refractivity contribution is 5.91. The Morgan fingerprint density at radius 3 is 2.06 bits per heavy atom. The van der Waals surface area contributed by atoms with Crippen molar-refractivity contribution in [1.82, 2.24) is 29.9 Å². The molecule has 262 valence electrons. The van der Waals surface area contributed by atoms with Gasteiger partial charge < -0.3 is 38.7 Å². The number of carbonyl (C=O) groups excluding carboxylic acids is 1. The minimum atomic E-state index is -1.21. The van der Waals surface area contributed by atoms with E-state index in [2.05, 4.69) is 34.5 Å². The summed E-state index contributed by atoms with van der Waals surface area (Å²) in [5.41, 5.74) is 1.46. The van der Waals surface area contributed by atoms with Crippen molar-refractivity contribution in [2.24, 2.45) is 5.92 Å². The molecule has 1 amide bonds. The summed E-state index contributed by atoms with van der Waals surface area (Å²) in [5, 5.41) is 20.0. The molecule has 0 saturated heterocycles. The molecule has 3 rings (SSSR count). The summed E-state index contributed by atoms with van der Waals surface area (Å²) < 4.78 is 30.6. The van der Waals surface area contributed by atoms with E-state index in [0.717, 1.165) is 24.4 Å². The number of nitrogens with one attached hydrogen (secondary N) is 1. The molecule has 0 aliphatic heterocycles. The van der Waals surface area contributed by atoms with Crippen LogP contribution in [0.4, 0.5) is 0 Å². The van der Waals surface area contributed by atoms with E-state index in [4.69, 9.17) is 28.8 Å². The van der Waals surface area contributed by atoms with Crippen LogP contribution < -0.4 is 10.7 Å². The van der Waals surface area contributed by atoms with Crippen molar-refractivity contribution in [3.05, 3.63) is 51.7 Å². The Hall–Kier alpha value is -3.76. The molecule has 0 aliphatic rings. The number of hydrogen-bond donors (Lipinski definition) is 2. The van der Waals surface area contributed by atoms with Gasteiger partial charge in [-0.15, -0.1) is 5.10 Å². The fraction of sp³-hybridized carbons (Fsp3) is 0.625. The number of carboxylic acids is 1. The second kappa shape index (κ2) is 22.7. The molecule has 3 heterocycles. The molecule has 47 heavy (non-hydrogen) atoms. The lowest BCUT2D eigenvalue weighted by Gasteiger charge is -2.09. The first-order valence-corrected chi connectivity index (χ1v) is 15.9. The van der Waals surface area contributed by atoms with Crippen molar-refractivity contribution in [1.29, 1.82) is 0 Å². The summed E-state index contributed by atoms with van der Waals surface area (Å²) in [4.78, 5) is 38.1. The third-order valence-electron chi connectivity index (χ3n) is 6.64. The van der Waals surface area contributed by atoms with Crippen LogP contribution >= 0.6 is 0 Å². The Labute approximate surface area is 275 Å². The van der Waals surface area contributed by atoms with Crippen molar-refractivity contribution in [2.45, 2.75) is 60.2 Å². The molecule has 0 aliphatic carbocycles. The summed E-state index contributed by atoms with van der Waals surface area (Å²) in [6.45, 7) is 14.4. The predicted molar refractivity (Wildman–Crippen MR) is 174 cm³/mol. The summed E-state index contributed by atoms with van der Waals surface area (Å²) in [7, 11) is 1.61. The van der Waals surface area contributed by atoms with Gasteiger partial charge in [-0.3, -0.25) is 14.3 Å². The maximum Gasteiger partial charge on any atom is 0.341 e. The van der Waals surface area contributed by atoms with Gasteiger partial charge in [0, 0.05) is 38.4 Å². The Morgan fingerprint density at radius 1 is 0.915 bits per heavy atom. The van der Waals surface area contributed by atoms with Crippen molar-refractivity contribution in [3.63, 3.8) is 0 Å². The molecule has 0 atom stereocenters. The van der Waals surface area contributed by atoms with Gasteiger partial charge in [0.25, 0.3) is 0 Å². The molecule has 3 aromatic heterocycles. The van der Waals surface area contributed by atoms with Crippen LogP contribution in [-0.4, -0.2) is 108 Å². The molecule has 0 saturated carbocycles. The number of aromatic nitrogens is 5. The van der Waals surface area contributed by atoms with E-state index in [9.17, 15) is 14.4 Å². The standard InChI is InChI=1S/C20H38N4O6.C12H12N2O3/c1-18(2)4-6-24-16-19(22-23-24)17-30-15-14-29-13-12-28-11-10-27-9-8-26-7-5-20(25)21-3;1-3-14-6-9(12(16)17)10(15)8-5-4-7(2)13-11(8)14/h16,18H,4-15,17H2,1-3H3,(H,21,25);4-6H,3H2,1-2H3,(H,16,17). The third-order valence-corrected chi connectivity index (χ3v) is 6.64. The zero-order valence-corrected chi connectivity index (χ0v) is 28.2. The van der Waals surface area contributed by atoms with Crippen LogP contribution in [0.3, 0.4) is 0 Å². The van der Waals surface area contributed by atoms with Crippen LogP contribution in [0.15, 0.2) is 29.3 Å². The monoisotopic (exact) mass is 662 g/mol. The fourth-order valence-corrected chi connectivity index (χ4v) is 4.00. The Kier molecular flexibility index (Phi) is 19.0. The number of amides is 1. The highest BCUT2D eigenvalue weighted by atomic mass is 16.6. The summed E-state index contributed by atoms with van der Waals surface area (Å²) >= 11 is 0. The van der Waals surface area contributed by atoms with Gasteiger partial charge in [0.2, 0.25) is 11.3 Å². The van der Waals surface area contributed by atoms with Crippen molar-refractivity contribution in [2.75, 3.05) is 66.5 Å². The topological polar surface area (TPSA) is 178 Å². The van der Waals surface area contributed by atoms with E-state index >= 15 is 0 Å². The highest BCUT2D eigenvalue weighted by Crippen LogP contribution is 2.11. The van der Waals surface area contributed by atoms with Gasteiger partial charge in [0.1, 0.15) is 16.9 Å². The average Bonchev–Trinajstić information content (AvgIpc) is 3.51. The molecule has 0 unspecified atom stereocenters. The molecular formula is C32H50N6O9. The molecule has 0 bridgehead atoms. The lowest BCUT2D eigenvalue weighted by molar-refractivity contribution is -0.121. The summed E-state index contributed by atoms with van der Waals surface area (Å²) in [6.07, 6.45) is 4.72. The van der Waals surface area contributed by atoms with Gasteiger partial charge in [-0.1, -0.05) is 19.1 Å². The van der Waals surface area contributed by atoms with Crippen molar-refractivity contribution < 1.29 is 38.4 Å². The number of nitrogens with zero attached hydrogens (tertiary/aromatic N) is 5. The number of carbonyl (C=O) groups is 2. The quantitative estimate of drug-likeness (QED) is 0.150. The zero-order chi connectivity index (χ0) is 34.4. The van der Waals surface area contributed by atoms with Crippen molar-refractivity contribution >= 4 is 22.9 Å². The van der Waals surface area contributed by atoms with Gasteiger partial charge >= 0.3 is 5.97 Å². The number of rotatable bonds is 22. The smallest absolute Gasteiger partial charge is 0.341 e. The van der Waals surface area contributed by atoms with Crippen LogP contribution in [0.2, 0.25) is 0 Å². The molecule has 2 N–H and O–H groups in total. The van der Waals surface area contributed by atoms with E-state index in [1.165, 1.54) is 6.20 Å². The molecule has 0 fully saturated rings. The van der Waals surface area contributed by atoms with Crippen molar-refractivity contribution in [3.8, 4) is 0 Å². The van der Waals surface area contributed by atoms with Crippen LogP contribution in [0.1, 0.15) is 55.4 Å². The number of pyridine rings is 2. The minimum Gasteiger partial charge on any atom is -0.477 e. The second-order valence-corrected chi connectivity index (χ2v) is 10.9. The number of hydrogen-bond acceptors (Lipinski definition) is 11. The van der Waals surface area contributed by atoms with Gasteiger partial charge in [-0.2, -0.15) is 0 Å². The third kappa shape index (κ3) is 15.6. The Bertz CT molecular complexity index is 1410. The van der Waals surface area contributed by atoms with E-state index in [0.29, 0.717) is 96.0 Å². The van der Waals surface area contributed by atoms with E-state index < -0.39 is 11.4 Å². The number of aryl methyl sites for hydroxylation is 3. The summed E-state index contributed by atoms with van der Waals surface area (Å²) in [5.74, 6) is -0.589. The fourth-order valence-electron chi connectivity index (χ4n) is 4.00. The van der Waals surface area contributed by atoms with E-state index in [1.54, 1.807) is 23.7 Å². The van der Waals surface area contributed by atoms with Gasteiger partial charge in [-0.05, 0) is 38.3 Å². The minimum absolute atomic E-state index is 0.0281. The van der Waals surface area contributed by atoms with Crippen LogP contribution in [0.25, 0.3) is 11.0 Å². The zero-order valence-electron chi connectivity index (χ0n) is 28.2. The molecule has 15 nitrogen and oxygen atoms in total. The second-order valence-electron chi connectivity index (χ2n) is 10.9. The Morgan fingerprint density at radius 2 is 1.51 bits per heavy atom. The maximum atomic E-state index is 11.9. The largest absolute Gasteiger partial charge is 0.477 e. The molecule has 3 aromatic rings. The number of carboxylic acid groups (broad SMARTS) is 1. The lowest BCUT2D eigenvalue weighted by Crippen LogP contribution is -2.20. The van der Waals surface area contributed by atoms with Crippen LogP contribution in [0, 0.1) is 12.8 Å². The number of fused-ring (bicyclic) bond motifs is 1. The van der Waals surface area contributed by atoms with Crippen LogP contribution in [-0.2, 0) is 48.2 Å². The summed E-state index contributed by atoms with van der Waals surface area (Å²) in [6, 6.07) is 3.33. The molecular weight excluding hydrogens is 612 g/mol. The first kappa shape index (κ1) is 39.4. The average molecular weight is 663 g/mol. The first-order valence-electron chi connectivity index (χ1n) is 15.9. The van der Waals surface area contributed by atoms with E-state index in [-0.39, 0.29) is 11.5 Å². The van der Waals surface area contributed by atoms with Gasteiger partial charge in [0.15, 0.2) is 0 Å². The van der Waals surface area contributed by atoms with Crippen LogP contribution in [0.5, 0.6) is 0 Å². The van der Waals surface area contributed by atoms with E-state index in [1.807, 2.05) is 24.7 Å². The van der Waals surface area contributed by atoms with Gasteiger partial charge in [0.05, 0.1) is 77.7 Å². The molecule has 0 radical (unpaired) electrons. The molecule has 0 spiro atoms. The lowest BCUT2D eigenvalue weighted by atomic mass is 10.1. The maximum absolute atomic E-state index is 11.9. The number of ether oxygens (including phenoxy) is 5. The normalized spacial score (nSPS) is 11.1. The van der Waals surface area contributed by atoms with Gasteiger partial charge in [-0.25, -0.2) is 9.78 Å². The Balaban J connectivity index is 0.000000378. The number of aromatic carboxylic acids is 1. The SMILES string of the molecule is CCn1cc(C(=O)O)c(=O)c2ccc(C)nc21.CNC(=O)CCOCCOCCOCCOCCOCc1cn(CCC(C)C)nn1. The molecule has 0 aromatic carbocycles. The molecule has 15 heteroatoms.